The van der Waals surface area contributed by atoms with E-state index in [0.29, 0.717) is 28.1 Å². The van der Waals surface area contributed by atoms with E-state index in [9.17, 15) is 4.79 Å². The summed E-state index contributed by atoms with van der Waals surface area (Å²) in [5.74, 6) is 2.71. The number of hydrogen-bond donors (Lipinski definition) is 1. The molecule has 1 N–H and O–H groups in total. The summed E-state index contributed by atoms with van der Waals surface area (Å²) in [6.45, 7) is 7.12. The zero-order chi connectivity index (χ0) is 22.1. The maximum atomic E-state index is 13.2. The van der Waals surface area contributed by atoms with E-state index in [-0.39, 0.29) is 5.91 Å². The SMILES string of the molecule is COc1ccc(NC(=O)c2sc3nc(C)nc(N4CCCC[C@H]4C)c3c2C)c(OC)c1. The Balaban J connectivity index is 1.73. The van der Waals surface area contributed by atoms with Gasteiger partial charge in [-0.25, -0.2) is 9.97 Å². The number of carbonyl (C=O) groups excluding carboxylic acids is 1. The molecular formula is C23H28N4O3S. The van der Waals surface area contributed by atoms with Crippen LogP contribution < -0.4 is 19.7 Å². The van der Waals surface area contributed by atoms with Crippen LogP contribution in [-0.4, -0.2) is 42.7 Å². The standard InChI is InChI=1S/C23H28N4O3S/c1-13-8-6-7-11-27(13)21-19-14(2)20(31-23(19)25-15(3)24-21)22(28)26-17-10-9-16(29-4)12-18(17)30-5/h9-10,12-13H,6-8,11H2,1-5H3,(H,26,28)/t13-/m1/s1. The Morgan fingerprint density at radius 1 is 1.19 bits per heavy atom. The van der Waals surface area contributed by atoms with Crippen molar-refractivity contribution in [2.24, 2.45) is 0 Å². The number of benzene rings is 1. The van der Waals surface area contributed by atoms with Crippen LogP contribution in [-0.2, 0) is 0 Å². The van der Waals surface area contributed by atoms with Crippen LogP contribution in [0.2, 0.25) is 0 Å². The average molecular weight is 441 g/mol. The van der Waals surface area contributed by atoms with E-state index in [2.05, 4.69) is 22.1 Å². The lowest BCUT2D eigenvalue weighted by Gasteiger charge is -2.35. The van der Waals surface area contributed by atoms with Gasteiger partial charge in [0.05, 0.1) is 30.2 Å². The van der Waals surface area contributed by atoms with Gasteiger partial charge in [-0.3, -0.25) is 4.79 Å². The van der Waals surface area contributed by atoms with Crippen molar-refractivity contribution in [1.29, 1.82) is 0 Å². The van der Waals surface area contributed by atoms with Crippen LogP contribution in [0.3, 0.4) is 0 Å². The highest BCUT2D eigenvalue weighted by Gasteiger charge is 2.26. The number of methoxy groups -OCH3 is 2. The van der Waals surface area contributed by atoms with Gasteiger partial charge in [0.1, 0.15) is 28.0 Å². The molecule has 1 aromatic carbocycles. The molecule has 3 aromatic rings. The van der Waals surface area contributed by atoms with Crippen LogP contribution in [0.5, 0.6) is 11.5 Å². The van der Waals surface area contributed by atoms with Crippen molar-refractivity contribution in [2.75, 3.05) is 31.0 Å². The van der Waals surface area contributed by atoms with Gasteiger partial charge in [0.2, 0.25) is 0 Å². The molecule has 1 amide bonds. The Morgan fingerprint density at radius 3 is 2.71 bits per heavy atom. The molecule has 0 radical (unpaired) electrons. The zero-order valence-electron chi connectivity index (χ0n) is 18.6. The van der Waals surface area contributed by atoms with E-state index in [0.717, 1.165) is 46.8 Å². The highest BCUT2D eigenvalue weighted by atomic mass is 32.1. The minimum atomic E-state index is -0.181. The first-order chi connectivity index (χ1) is 14.9. The first-order valence-corrected chi connectivity index (χ1v) is 11.3. The summed E-state index contributed by atoms with van der Waals surface area (Å²) in [6.07, 6.45) is 3.55. The molecule has 0 spiro atoms. The van der Waals surface area contributed by atoms with E-state index in [1.807, 2.05) is 13.8 Å². The Bertz CT molecular complexity index is 1130. The number of thiophene rings is 1. The van der Waals surface area contributed by atoms with Crippen LogP contribution in [0.15, 0.2) is 18.2 Å². The predicted molar refractivity (Wildman–Crippen MR) is 125 cm³/mol. The number of ether oxygens (including phenoxy) is 2. The van der Waals surface area contributed by atoms with Gasteiger partial charge in [-0.15, -0.1) is 11.3 Å². The summed E-state index contributed by atoms with van der Waals surface area (Å²) in [4.78, 5) is 26.5. The Morgan fingerprint density at radius 2 is 2.00 bits per heavy atom. The quantitative estimate of drug-likeness (QED) is 0.605. The fraction of sp³-hybridized carbons (Fsp3) is 0.435. The van der Waals surface area contributed by atoms with Crippen molar-refractivity contribution in [3.05, 3.63) is 34.5 Å². The summed E-state index contributed by atoms with van der Waals surface area (Å²) >= 11 is 1.41. The number of nitrogens with zero attached hydrogens (tertiary/aromatic N) is 3. The molecule has 1 saturated heterocycles. The number of fused-ring (bicyclic) bond motifs is 1. The number of piperidine rings is 1. The molecule has 3 heterocycles. The third-order valence-corrected chi connectivity index (χ3v) is 7.01. The van der Waals surface area contributed by atoms with Crippen LogP contribution in [0.25, 0.3) is 10.2 Å². The van der Waals surface area contributed by atoms with E-state index in [4.69, 9.17) is 14.5 Å². The van der Waals surface area contributed by atoms with Gasteiger partial charge in [-0.05, 0) is 57.7 Å². The molecule has 8 heteroatoms. The van der Waals surface area contributed by atoms with Crippen molar-refractivity contribution in [3.63, 3.8) is 0 Å². The number of aryl methyl sites for hydroxylation is 2. The maximum Gasteiger partial charge on any atom is 0.266 e. The number of hydrogen-bond acceptors (Lipinski definition) is 7. The van der Waals surface area contributed by atoms with Crippen LogP contribution >= 0.6 is 11.3 Å². The van der Waals surface area contributed by atoms with Crippen LogP contribution in [0.1, 0.15) is 47.2 Å². The van der Waals surface area contributed by atoms with Gasteiger partial charge in [-0.1, -0.05) is 0 Å². The summed E-state index contributed by atoms with van der Waals surface area (Å²) in [6, 6.07) is 5.74. The number of aromatic nitrogens is 2. The molecule has 1 aliphatic rings. The number of amides is 1. The van der Waals surface area contributed by atoms with Crippen molar-refractivity contribution >= 4 is 39.0 Å². The Hall–Kier alpha value is -2.87. The lowest BCUT2D eigenvalue weighted by molar-refractivity contribution is 0.102. The lowest BCUT2D eigenvalue weighted by Crippen LogP contribution is -2.38. The molecule has 4 rings (SSSR count). The molecule has 7 nitrogen and oxygen atoms in total. The summed E-state index contributed by atoms with van der Waals surface area (Å²) in [5.41, 5.74) is 1.51. The minimum absolute atomic E-state index is 0.181. The zero-order valence-corrected chi connectivity index (χ0v) is 19.4. The molecule has 0 unspecified atom stereocenters. The van der Waals surface area contributed by atoms with Crippen molar-refractivity contribution in [3.8, 4) is 11.5 Å². The number of carbonyl (C=O) groups is 1. The molecule has 164 valence electrons. The predicted octanol–water partition coefficient (Wildman–Crippen LogP) is 4.96. The van der Waals surface area contributed by atoms with E-state index >= 15 is 0 Å². The van der Waals surface area contributed by atoms with E-state index in [1.165, 1.54) is 17.8 Å². The van der Waals surface area contributed by atoms with E-state index in [1.54, 1.807) is 32.4 Å². The van der Waals surface area contributed by atoms with Crippen molar-refractivity contribution in [2.45, 2.75) is 46.1 Å². The third kappa shape index (κ3) is 4.04. The fourth-order valence-corrected chi connectivity index (χ4v) is 5.26. The smallest absolute Gasteiger partial charge is 0.266 e. The number of anilines is 2. The normalized spacial score (nSPS) is 16.4. The molecule has 31 heavy (non-hydrogen) atoms. The molecule has 1 atom stereocenters. The van der Waals surface area contributed by atoms with Gasteiger partial charge in [0, 0.05) is 18.7 Å². The van der Waals surface area contributed by atoms with Crippen molar-refractivity contribution < 1.29 is 14.3 Å². The highest BCUT2D eigenvalue weighted by Crippen LogP contribution is 2.38. The largest absolute Gasteiger partial charge is 0.497 e. The first-order valence-electron chi connectivity index (χ1n) is 10.5. The second-order valence-corrected chi connectivity index (χ2v) is 8.89. The molecule has 1 aliphatic heterocycles. The van der Waals surface area contributed by atoms with Gasteiger partial charge < -0.3 is 19.7 Å². The number of nitrogens with one attached hydrogen (secondary N) is 1. The Kier molecular flexibility index (Phi) is 6.00. The summed E-state index contributed by atoms with van der Waals surface area (Å²) in [5, 5.41) is 3.96. The van der Waals surface area contributed by atoms with Crippen molar-refractivity contribution in [1.82, 2.24) is 9.97 Å². The van der Waals surface area contributed by atoms with Gasteiger partial charge >= 0.3 is 0 Å². The van der Waals surface area contributed by atoms with Gasteiger partial charge in [0.15, 0.2) is 0 Å². The summed E-state index contributed by atoms with van der Waals surface area (Å²) < 4.78 is 10.7. The second kappa shape index (κ2) is 8.70. The second-order valence-electron chi connectivity index (χ2n) is 7.89. The minimum Gasteiger partial charge on any atom is -0.497 e. The number of rotatable bonds is 5. The topological polar surface area (TPSA) is 76.6 Å². The molecule has 0 saturated carbocycles. The molecular weight excluding hydrogens is 412 g/mol. The van der Waals surface area contributed by atoms with Gasteiger partial charge in [-0.2, -0.15) is 0 Å². The molecule has 2 aromatic heterocycles. The highest BCUT2D eigenvalue weighted by molar-refractivity contribution is 7.20. The van der Waals surface area contributed by atoms with Crippen LogP contribution in [0, 0.1) is 13.8 Å². The maximum absolute atomic E-state index is 13.2. The molecule has 0 bridgehead atoms. The average Bonchev–Trinajstić information content (AvgIpc) is 3.10. The first kappa shape index (κ1) is 21.4. The van der Waals surface area contributed by atoms with E-state index < -0.39 is 0 Å². The molecule has 0 aliphatic carbocycles. The Labute approximate surface area is 186 Å². The molecule has 1 fully saturated rings. The monoisotopic (exact) mass is 440 g/mol. The third-order valence-electron chi connectivity index (χ3n) is 5.82. The van der Waals surface area contributed by atoms with Gasteiger partial charge in [0.25, 0.3) is 5.91 Å². The lowest BCUT2D eigenvalue weighted by atomic mass is 10.0. The fourth-order valence-electron chi connectivity index (χ4n) is 4.14. The summed E-state index contributed by atoms with van der Waals surface area (Å²) in [7, 11) is 3.16. The van der Waals surface area contributed by atoms with Crippen LogP contribution in [0.4, 0.5) is 11.5 Å².